The summed E-state index contributed by atoms with van der Waals surface area (Å²) >= 11 is 0. The van der Waals surface area contributed by atoms with Gasteiger partial charge in [0.05, 0.1) is 17.4 Å². The molecule has 142 valence electrons. The molecule has 1 fully saturated rings. The Balaban J connectivity index is 1.62. The Morgan fingerprint density at radius 1 is 1.19 bits per heavy atom. The van der Waals surface area contributed by atoms with Crippen LogP contribution in [-0.2, 0) is 16.4 Å². The molecule has 0 radical (unpaired) electrons. The van der Waals surface area contributed by atoms with Crippen LogP contribution >= 0.6 is 0 Å². The number of sulfone groups is 1. The molecule has 0 unspecified atom stereocenters. The number of piperidine rings is 1. The molecule has 1 aliphatic rings. The van der Waals surface area contributed by atoms with E-state index in [2.05, 4.69) is 10.1 Å². The van der Waals surface area contributed by atoms with E-state index in [1.807, 2.05) is 4.90 Å². The average Bonchev–Trinajstić information content (AvgIpc) is 3.02. The van der Waals surface area contributed by atoms with E-state index in [4.69, 9.17) is 4.52 Å². The molecule has 2 aromatic rings. The third kappa shape index (κ3) is 4.42. The third-order valence-corrected chi connectivity index (χ3v) is 5.55. The number of benzene rings is 1. The first-order valence-corrected chi connectivity index (χ1v) is 9.94. The molecule has 0 bridgehead atoms. The molecule has 0 N–H and O–H groups in total. The maximum absolute atomic E-state index is 12.7. The van der Waals surface area contributed by atoms with Gasteiger partial charge in [0.2, 0.25) is 11.7 Å². The van der Waals surface area contributed by atoms with Gasteiger partial charge in [-0.15, -0.1) is 0 Å². The number of halogens is 3. The number of rotatable bonds is 4. The lowest BCUT2D eigenvalue weighted by atomic mass is 9.96. The summed E-state index contributed by atoms with van der Waals surface area (Å²) in [6.45, 7) is 0.939. The Labute approximate surface area is 148 Å². The zero-order valence-electron chi connectivity index (χ0n) is 14.0. The second-order valence-corrected chi connectivity index (χ2v) is 8.42. The predicted molar refractivity (Wildman–Crippen MR) is 86.9 cm³/mol. The van der Waals surface area contributed by atoms with Crippen molar-refractivity contribution in [3.05, 3.63) is 30.2 Å². The van der Waals surface area contributed by atoms with E-state index in [1.165, 1.54) is 12.1 Å². The monoisotopic (exact) mass is 389 g/mol. The van der Waals surface area contributed by atoms with Gasteiger partial charge in [0.1, 0.15) is 0 Å². The zero-order valence-corrected chi connectivity index (χ0v) is 14.8. The number of nitrogens with zero attached hydrogens (tertiary/aromatic N) is 3. The highest BCUT2D eigenvalue weighted by Crippen LogP contribution is 2.34. The van der Waals surface area contributed by atoms with Crippen LogP contribution in [0.2, 0.25) is 0 Å². The van der Waals surface area contributed by atoms with Crippen LogP contribution < -0.4 is 0 Å². The highest BCUT2D eigenvalue weighted by molar-refractivity contribution is 7.90. The van der Waals surface area contributed by atoms with E-state index in [9.17, 15) is 21.6 Å². The molecule has 1 saturated heterocycles. The van der Waals surface area contributed by atoms with Gasteiger partial charge in [-0.3, -0.25) is 4.90 Å². The summed E-state index contributed by atoms with van der Waals surface area (Å²) in [4.78, 5) is 6.29. The molecular formula is C16H18F3N3O3S. The van der Waals surface area contributed by atoms with Crippen LogP contribution in [0.4, 0.5) is 13.2 Å². The van der Waals surface area contributed by atoms with Crippen LogP contribution in [0.25, 0.3) is 11.4 Å². The van der Waals surface area contributed by atoms with E-state index in [0.717, 1.165) is 6.26 Å². The topological polar surface area (TPSA) is 76.3 Å². The predicted octanol–water partition coefficient (Wildman–Crippen LogP) is 2.91. The number of hydrogen-bond donors (Lipinski definition) is 0. The van der Waals surface area contributed by atoms with Crippen LogP contribution in [0, 0.1) is 5.92 Å². The van der Waals surface area contributed by atoms with Gasteiger partial charge in [0.15, 0.2) is 9.84 Å². The number of hydrogen-bond acceptors (Lipinski definition) is 6. The second kappa shape index (κ2) is 6.99. The highest BCUT2D eigenvalue weighted by Gasteiger charge is 2.41. The average molecular weight is 389 g/mol. The normalized spacial score (nSPS) is 17.5. The maximum atomic E-state index is 12.7. The summed E-state index contributed by atoms with van der Waals surface area (Å²) in [5, 5.41) is 3.86. The molecule has 2 heterocycles. The fraction of sp³-hybridized carbons (Fsp3) is 0.500. The molecule has 0 aliphatic carbocycles. The van der Waals surface area contributed by atoms with Crippen molar-refractivity contribution >= 4 is 9.84 Å². The van der Waals surface area contributed by atoms with Gasteiger partial charge in [0.25, 0.3) is 0 Å². The summed E-state index contributed by atoms with van der Waals surface area (Å²) in [5.74, 6) is -0.617. The van der Waals surface area contributed by atoms with Crippen molar-refractivity contribution in [2.24, 2.45) is 5.92 Å². The van der Waals surface area contributed by atoms with Crippen molar-refractivity contribution in [2.45, 2.75) is 30.5 Å². The number of alkyl halides is 3. The Kier molecular flexibility index (Phi) is 5.07. The quantitative estimate of drug-likeness (QED) is 0.800. The van der Waals surface area contributed by atoms with Crippen molar-refractivity contribution in [2.75, 3.05) is 19.3 Å². The Morgan fingerprint density at radius 3 is 2.35 bits per heavy atom. The molecule has 0 atom stereocenters. The fourth-order valence-corrected chi connectivity index (χ4v) is 3.53. The first-order valence-electron chi connectivity index (χ1n) is 8.05. The van der Waals surface area contributed by atoms with Crippen LogP contribution in [-0.4, -0.2) is 49.0 Å². The molecule has 26 heavy (non-hydrogen) atoms. The van der Waals surface area contributed by atoms with Gasteiger partial charge >= 0.3 is 6.18 Å². The molecule has 10 heteroatoms. The third-order valence-electron chi connectivity index (χ3n) is 4.42. The van der Waals surface area contributed by atoms with E-state index < -0.39 is 21.9 Å². The van der Waals surface area contributed by atoms with Gasteiger partial charge in [-0.25, -0.2) is 8.42 Å². The minimum Gasteiger partial charge on any atom is -0.338 e. The largest absolute Gasteiger partial charge is 0.391 e. The van der Waals surface area contributed by atoms with Crippen molar-refractivity contribution < 1.29 is 26.1 Å². The Hall–Kier alpha value is -1.94. The number of likely N-dealkylation sites (tertiary alicyclic amines) is 1. The molecule has 6 nitrogen and oxygen atoms in total. The van der Waals surface area contributed by atoms with Crippen molar-refractivity contribution in [1.82, 2.24) is 15.0 Å². The summed E-state index contributed by atoms with van der Waals surface area (Å²) in [6, 6.07) is 6.09. The molecular weight excluding hydrogens is 371 g/mol. The van der Waals surface area contributed by atoms with Crippen LogP contribution in [0.15, 0.2) is 33.7 Å². The fourth-order valence-electron chi connectivity index (χ4n) is 2.90. The Bertz CT molecular complexity index is 855. The molecule has 0 spiro atoms. The van der Waals surface area contributed by atoms with Gasteiger partial charge in [-0.1, -0.05) is 5.16 Å². The van der Waals surface area contributed by atoms with Gasteiger partial charge < -0.3 is 4.52 Å². The van der Waals surface area contributed by atoms with Crippen molar-refractivity contribution in [3.63, 3.8) is 0 Å². The maximum Gasteiger partial charge on any atom is 0.391 e. The summed E-state index contributed by atoms with van der Waals surface area (Å²) in [6.07, 6.45) is -2.88. The molecule has 1 aromatic carbocycles. The molecule has 1 aliphatic heterocycles. The van der Waals surface area contributed by atoms with E-state index in [1.54, 1.807) is 12.1 Å². The van der Waals surface area contributed by atoms with E-state index in [-0.39, 0.29) is 17.7 Å². The SMILES string of the molecule is CS(=O)(=O)c1ccc(-c2noc(CN3CCC(C(F)(F)F)CC3)n2)cc1. The van der Waals surface area contributed by atoms with Crippen LogP contribution in [0.5, 0.6) is 0 Å². The van der Waals surface area contributed by atoms with Gasteiger partial charge in [-0.05, 0) is 50.2 Å². The molecule has 3 rings (SSSR count). The summed E-state index contributed by atoms with van der Waals surface area (Å²) in [5.41, 5.74) is 0.600. The summed E-state index contributed by atoms with van der Waals surface area (Å²) in [7, 11) is -3.28. The molecule has 1 aromatic heterocycles. The van der Waals surface area contributed by atoms with Crippen LogP contribution in [0.3, 0.4) is 0 Å². The van der Waals surface area contributed by atoms with Gasteiger partial charge in [-0.2, -0.15) is 18.2 Å². The Morgan fingerprint density at radius 2 is 1.81 bits per heavy atom. The lowest BCUT2D eigenvalue weighted by molar-refractivity contribution is -0.185. The molecule has 0 amide bonds. The second-order valence-electron chi connectivity index (χ2n) is 6.40. The first-order chi connectivity index (χ1) is 12.1. The lowest BCUT2D eigenvalue weighted by Crippen LogP contribution is -2.38. The lowest BCUT2D eigenvalue weighted by Gasteiger charge is -2.31. The highest BCUT2D eigenvalue weighted by atomic mass is 32.2. The smallest absolute Gasteiger partial charge is 0.338 e. The number of aromatic nitrogens is 2. The standard InChI is InChI=1S/C16H18F3N3O3S/c1-26(23,24)13-4-2-11(3-5-13)15-20-14(25-21-15)10-22-8-6-12(7-9-22)16(17,18)19/h2-5,12H,6-10H2,1H3. The zero-order chi connectivity index (χ0) is 18.9. The van der Waals surface area contributed by atoms with Crippen molar-refractivity contribution in [3.8, 4) is 11.4 Å². The minimum atomic E-state index is -4.14. The van der Waals surface area contributed by atoms with Gasteiger partial charge in [0, 0.05) is 11.8 Å². The summed E-state index contributed by atoms with van der Waals surface area (Å²) < 4.78 is 66.2. The van der Waals surface area contributed by atoms with Crippen molar-refractivity contribution in [1.29, 1.82) is 0 Å². The minimum absolute atomic E-state index is 0.0669. The van der Waals surface area contributed by atoms with E-state index >= 15 is 0 Å². The molecule has 0 saturated carbocycles. The van der Waals surface area contributed by atoms with Crippen LogP contribution in [0.1, 0.15) is 18.7 Å². The first kappa shape index (κ1) is 18.8. The van der Waals surface area contributed by atoms with E-state index in [0.29, 0.717) is 36.9 Å².